The van der Waals surface area contributed by atoms with Crippen LogP contribution in [-0.2, 0) is 4.79 Å². The summed E-state index contributed by atoms with van der Waals surface area (Å²) >= 11 is 0. The van der Waals surface area contributed by atoms with Gasteiger partial charge >= 0.3 is 5.97 Å². The van der Waals surface area contributed by atoms with Crippen LogP contribution in [0.5, 0.6) is 0 Å². The molecule has 0 aliphatic carbocycles. The number of hydrogen-bond donors (Lipinski definition) is 2. The normalized spacial score (nSPS) is 27.4. The highest BCUT2D eigenvalue weighted by Gasteiger charge is 2.17. The Bertz CT molecular complexity index is 119. The van der Waals surface area contributed by atoms with Crippen LogP contribution in [0.2, 0.25) is 0 Å². The van der Waals surface area contributed by atoms with Gasteiger partial charge in [-0.1, -0.05) is 0 Å². The molecule has 2 N–H and O–H groups in total. The number of carboxylic acid groups (broad SMARTS) is 1. The molecule has 0 amide bonds. The molecule has 0 saturated carbocycles. The molecule has 0 aromatic rings. The SMILES string of the molecule is O=C(O)C1CC[N]CCN1. The molecule has 0 aromatic carbocycles. The van der Waals surface area contributed by atoms with Gasteiger partial charge in [-0.2, -0.15) is 0 Å². The van der Waals surface area contributed by atoms with Gasteiger partial charge in [0.05, 0.1) is 0 Å². The highest BCUT2D eigenvalue weighted by molar-refractivity contribution is 5.73. The molecule has 1 saturated heterocycles. The van der Waals surface area contributed by atoms with Crippen molar-refractivity contribution in [3.05, 3.63) is 0 Å². The molecule has 1 fully saturated rings. The van der Waals surface area contributed by atoms with Gasteiger partial charge in [0.2, 0.25) is 0 Å². The number of rotatable bonds is 1. The zero-order valence-corrected chi connectivity index (χ0v) is 5.71. The average Bonchev–Trinajstić information content (AvgIpc) is 2.12. The first kappa shape index (κ1) is 7.50. The predicted octanol–water partition coefficient (Wildman–Crippen LogP) is -0.963. The third kappa shape index (κ3) is 1.97. The van der Waals surface area contributed by atoms with E-state index in [1.165, 1.54) is 0 Å². The van der Waals surface area contributed by atoms with Crippen LogP contribution in [0.1, 0.15) is 6.42 Å². The fourth-order valence-electron chi connectivity index (χ4n) is 0.963. The number of hydrogen-bond acceptors (Lipinski definition) is 2. The largest absolute Gasteiger partial charge is 0.480 e. The van der Waals surface area contributed by atoms with Crippen molar-refractivity contribution in [1.82, 2.24) is 10.6 Å². The molecule has 0 bridgehead atoms. The molecule has 1 aliphatic heterocycles. The first-order chi connectivity index (χ1) is 4.80. The Morgan fingerprint density at radius 3 is 3.10 bits per heavy atom. The lowest BCUT2D eigenvalue weighted by Gasteiger charge is -2.07. The van der Waals surface area contributed by atoms with Crippen molar-refractivity contribution in [2.75, 3.05) is 19.6 Å². The van der Waals surface area contributed by atoms with Gasteiger partial charge in [-0.15, -0.1) is 0 Å². The maximum atomic E-state index is 10.4. The monoisotopic (exact) mass is 143 g/mol. The second kappa shape index (κ2) is 3.53. The molecule has 4 heteroatoms. The Labute approximate surface area is 59.6 Å². The molecular weight excluding hydrogens is 132 g/mol. The van der Waals surface area contributed by atoms with E-state index in [0.29, 0.717) is 19.5 Å². The summed E-state index contributed by atoms with van der Waals surface area (Å²) in [5.74, 6) is -0.767. The van der Waals surface area contributed by atoms with E-state index in [0.717, 1.165) is 6.54 Å². The van der Waals surface area contributed by atoms with E-state index in [1.54, 1.807) is 0 Å². The summed E-state index contributed by atoms with van der Waals surface area (Å²) in [4.78, 5) is 10.4. The van der Waals surface area contributed by atoms with Crippen LogP contribution >= 0.6 is 0 Å². The topological polar surface area (TPSA) is 63.4 Å². The van der Waals surface area contributed by atoms with Gasteiger partial charge in [0.1, 0.15) is 6.04 Å². The van der Waals surface area contributed by atoms with E-state index in [4.69, 9.17) is 5.11 Å². The number of nitrogens with zero attached hydrogens (tertiary/aromatic N) is 1. The Kier molecular flexibility index (Phi) is 2.65. The van der Waals surface area contributed by atoms with Gasteiger partial charge in [0, 0.05) is 19.6 Å². The Morgan fingerprint density at radius 1 is 1.60 bits per heavy atom. The minimum atomic E-state index is -0.767. The number of carboxylic acids is 1. The molecule has 1 unspecified atom stereocenters. The molecule has 1 aliphatic rings. The van der Waals surface area contributed by atoms with Crippen molar-refractivity contribution in [3.8, 4) is 0 Å². The van der Waals surface area contributed by atoms with Crippen LogP contribution in [0.4, 0.5) is 0 Å². The van der Waals surface area contributed by atoms with Crippen LogP contribution < -0.4 is 10.6 Å². The fourth-order valence-corrected chi connectivity index (χ4v) is 0.963. The third-order valence-electron chi connectivity index (χ3n) is 1.53. The minimum Gasteiger partial charge on any atom is -0.480 e. The van der Waals surface area contributed by atoms with Gasteiger partial charge in [0.25, 0.3) is 0 Å². The van der Waals surface area contributed by atoms with Gasteiger partial charge < -0.3 is 10.4 Å². The zero-order valence-electron chi connectivity index (χ0n) is 5.71. The highest BCUT2D eigenvalue weighted by Crippen LogP contribution is 1.93. The van der Waals surface area contributed by atoms with Gasteiger partial charge in [-0.3, -0.25) is 4.79 Å². The Morgan fingerprint density at radius 2 is 2.40 bits per heavy atom. The van der Waals surface area contributed by atoms with E-state index in [1.807, 2.05) is 0 Å². The molecule has 1 rings (SSSR count). The number of nitrogens with one attached hydrogen (secondary N) is 1. The number of carbonyl (C=O) groups is 1. The predicted molar refractivity (Wildman–Crippen MR) is 35.9 cm³/mol. The molecular formula is C6H11N2O2. The molecule has 10 heavy (non-hydrogen) atoms. The van der Waals surface area contributed by atoms with E-state index < -0.39 is 5.97 Å². The number of aliphatic carboxylic acids is 1. The maximum Gasteiger partial charge on any atom is 0.320 e. The Balaban J connectivity index is 2.35. The molecule has 4 nitrogen and oxygen atoms in total. The summed E-state index contributed by atoms with van der Waals surface area (Å²) < 4.78 is 0. The van der Waals surface area contributed by atoms with Crippen LogP contribution in [0.15, 0.2) is 0 Å². The lowest BCUT2D eigenvalue weighted by Crippen LogP contribution is -2.36. The van der Waals surface area contributed by atoms with Crippen molar-refractivity contribution in [2.45, 2.75) is 12.5 Å². The summed E-state index contributed by atoms with van der Waals surface area (Å²) in [6, 6.07) is -0.383. The lowest BCUT2D eigenvalue weighted by molar-refractivity contribution is -0.139. The summed E-state index contributed by atoms with van der Waals surface area (Å²) in [5, 5.41) is 15.5. The van der Waals surface area contributed by atoms with Gasteiger partial charge in [-0.25, -0.2) is 5.32 Å². The van der Waals surface area contributed by atoms with Crippen LogP contribution in [0.25, 0.3) is 0 Å². The summed E-state index contributed by atoms with van der Waals surface area (Å²) in [7, 11) is 0. The van der Waals surface area contributed by atoms with Gasteiger partial charge in [-0.05, 0) is 6.42 Å². The second-order valence-electron chi connectivity index (χ2n) is 2.30. The summed E-state index contributed by atoms with van der Waals surface area (Å²) in [6.07, 6.45) is 0.620. The second-order valence-corrected chi connectivity index (χ2v) is 2.30. The quantitative estimate of drug-likeness (QED) is 0.497. The molecule has 1 radical (unpaired) electrons. The standard InChI is InChI=1S/C6H11N2O2/c9-6(10)5-1-2-7-3-4-8-5/h5,8H,1-4H2,(H,9,10). The average molecular weight is 143 g/mol. The molecule has 0 spiro atoms. The van der Waals surface area contributed by atoms with E-state index in [-0.39, 0.29) is 6.04 Å². The smallest absolute Gasteiger partial charge is 0.320 e. The van der Waals surface area contributed by atoms with Crippen molar-refractivity contribution in [1.29, 1.82) is 0 Å². The van der Waals surface area contributed by atoms with Crippen molar-refractivity contribution >= 4 is 5.97 Å². The van der Waals surface area contributed by atoms with E-state index in [9.17, 15) is 4.79 Å². The maximum absolute atomic E-state index is 10.4. The molecule has 1 heterocycles. The van der Waals surface area contributed by atoms with Crippen molar-refractivity contribution < 1.29 is 9.90 Å². The van der Waals surface area contributed by atoms with Crippen molar-refractivity contribution in [2.24, 2.45) is 0 Å². The first-order valence-electron chi connectivity index (χ1n) is 3.40. The zero-order chi connectivity index (χ0) is 7.40. The van der Waals surface area contributed by atoms with Crippen LogP contribution in [-0.4, -0.2) is 36.8 Å². The third-order valence-corrected chi connectivity index (χ3v) is 1.53. The fraction of sp³-hybridized carbons (Fsp3) is 0.833. The molecule has 57 valence electrons. The van der Waals surface area contributed by atoms with E-state index in [2.05, 4.69) is 10.6 Å². The minimum absolute atomic E-state index is 0.383. The van der Waals surface area contributed by atoms with Crippen LogP contribution in [0, 0.1) is 0 Å². The molecule has 0 aromatic heterocycles. The van der Waals surface area contributed by atoms with Crippen molar-refractivity contribution in [3.63, 3.8) is 0 Å². The summed E-state index contributed by atoms with van der Waals surface area (Å²) in [5.41, 5.74) is 0. The summed E-state index contributed by atoms with van der Waals surface area (Å²) in [6.45, 7) is 2.10. The lowest BCUT2D eigenvalue weighted by atomic mass is 10.2. The first-order valence-corrected chi connectivity index (χ1v) is 3.40. The van der Waals surface area contributed by atoms with Gasteiger partial charge in [0.15, 0.2) is 0 Å². The van der Waals surface area contributed by atoms with E-state index >= 15 is 0 Å². The molecule has 1 atom stereocenters. The van der Waals surface area contributed by atoms with Crippen LogP contribution in [0.3, 0.4) is 0 Å². The Hall–Kier alpha value is -0.610. The highest BCUT2D eigenvalue weighted by atomic mass is 16.4.